The molecule has 10 heteroatoms. The Kier molecular flexibility index (Phi) is 4.59. The average molecular weight is 286 g/mol. The predicted molar refractivity (Wildman–Crippen MR) is 70.8 cm³/mol. The molecule has 1 aromatic rings. The molecule has 0 bridgehead atoms. The van der Waals surface area contributed by atoms with Gasteiger partial charge in [0.1, 0.15) is 5.78 Å². The number of aliphatic imine (C=N–C) groups is 1. The Labute approximate surface area is 113 Å². The van der Waals surface area contributed by atoms with Crippen LogP contribution in [-0.4, -0.2) is 34.2 Å². The average Bonchev–Trinajstić information content (AvgIpc) is 2.28. The van der Waals surface area contributed by atoms with Gasteiger partial charge in [0, 0.05) is 0 Å². The van der Waals surface area contributed by atoms with Crippen LogP contribution in [0.25, 0.3) is 0 Å². The van der Waals surface area contributed by atoms with E-state index < -0.39 is 11.9 Å². The Balaban J connectivity index is 3.06. The van der Waals surface area contributed by atoms with Crippen LogP contribution in [0.15, 0.2) is 4.99 Å². The minimum Gasteiger partial charge on any atom is -0.382 e. The van der Waals surface area contributed by atoms with E-state index in [1.54, 1.807) is 0 Å². The number of nitrogens with zero attached hydrogens (tertiary/aromatic N) is 3. The van der Waals surface area contributed by atoms with E-state index in [4.69, 9.17) is 28.8 Å². The number of rotatable bonds is 4. The van der Waals surface area contributed by atoms with Gasteiger partial charge in [0.05, 0.1) is 6.54 Å². The van der Waals surface area contributed by atoms with Crippen molar-refractivity contribution in [2.75, 3.05) is 17.6 Å². The fraction of sp³-hybridized carbons (Fsp3) is 0.222. The fourth-order valence-electron chi connectivity index (χ4n) is 1.08. The van der Waals surface area contributed by atoms with Crippen LogP contribution in [0.1, 0.15) is 17.4 Å². The molecule has 0 unspecified atom stereocenters. The molecule has 0 saturated heterocycles. The molecule has 0 aliphatic heterocycles. The standard InChI is InChI=1S/C9H12ClN7O2/c1-3(18)2-14-7-5(10)15-4(6(11)16-7)8(19)17-9(12)13/h2H2,1H3,(H3,11,14,16)(H4,12,13,17,19). The van der Waals surface area contributed by atoms with Crippen molar-refractivity contribution in [3.8, 4) is 0 Å². The van der Waals surface area contributed by atoms with E-state index in [0.29, 0.717) is 0 Å². The lowest BCUT2D eigenvalue weighted by molar-refractivity contribution is -0.115. The second-order valence-corrected chi connectivity index (χ2v) is 3.85. The van der Waals surface area contributed by atoms with Gasteiger partial charge >= 0.3 is 5.91 Å². The first-order valence-electron chi connectivity index (χ1n) is 5.01. The number of nitrogen functional groups attached to an aromatic ring is 1. The lowest BCUT2D eigenvalue weighted by Gasteiger charge is -2.07. The molecule has 7 N–H and O–H groups in total. The number of aromatic nitrogens is 2. The van der Waals surface area contributed by atoms with Gasteiger partial charge in [0.15, 0.2) is 28.4 Å². The molecule has 0 spiro atoms. The number of amides is 1. The Hall–Kier alpha value is -2.42. The predicted octanol–water partition coefficient (Wildman–Crippen LogP) is -0.873. The Morgan fingerprint density at radius 1 is 1.37 bits per heavy atom. The molecule has 1 rings (SSSR count). The molecular weight excluding hydrogens is 274 g/mol. The van der Waals surface area contributed by atoms with Gasteiger partial charge in [0.2, 0.25) is 0 Å². The molecule has 0 aliphatic rings. The van der Waals surface area contributed by atoms with Crippen LogP contribution in [0.2, 0.25) is 5.15 Å². The summed E-state index contributed by atoms with van der Waals surface area (Å²) in [5, 5.41) is 2.51. The van der Waals surface area contributed by atoms with Crippen molar-refractivity contribution in [1.82, 2.24) is 9.97 Å². The van der Waals surface area contributed by atoms with E-state index in [1.165, 1.54) is 6.92 Å². The van der Waals surface area contributed by atoms with Crippen LogP contribution in [0.5, 0.6) is 0 Å². The molecule has 0 aromatic carbocycles. The number of anilines is 2. The zero-order valence-electron chi connectivity index (χ0n) is 9.98. The maximum atomic E-state index is 11.5. The number of nitrogens with one attached hydrogen (secondary N) is 1. The fourth-order valence-corrected chi connectivity index (χ4v) is 1.27. The molecule has 1 heterocycles. The van der Waals surface area contributed by atoms with Gasteiger partial charge in [-0.25, -0.2) is 9.97 Å². The second-order valence-electron chi connectivity index (χ2n) is 3.49. The molecule has 19 heavy (non-hydrogen) atoms. The summed E-state index contributed by atoms with van der Waals surface area (Å²) in [7, 11) is 0. The monoisotopic (exact) mass is 285 g/mol. The Morgan fingerprint density at radius 3 is 2.53 bits per heavy atom. The maximum Gasteiger partial charge on any atom is 0.302 e. The van der Waals surface area contributed by atoms with Crippen LogP contribution in [0.3, 0.4) is 0 Å². The lowest BCUT2D eigenvalue weighted by atomic mass is 10.4. The summed E-state index contributed by atoms with van der Waals surface area (Å²) in [4.78, 5) is 33.2. The quantitative estimate of drug-likeness (QED) is 0.409. The summed E-state index contributed by atoms with van der Waals surface area (Å²) in [6.45, 7) is 1.39. The zero-order valence-corrected chi connectivity index (χ0v) is 10.7. The van der Waals surface area contributed by atoms with Crippen LogP contribution in [-0.2, 0) is 4.79 Å². The van der Waals surface area contributed by atoms with Crippen molar-refractivity contribution in [2.45, 2.75) is 6.92 Å². The van der Waals surface area contributed by atoms with Crippen molar-refractivity contribution in [1.29, 1.82) is 0 Å². The Morgan fingerprint density at radius 2 is 2.00 bits per heavy atom. The molecule has 0 saturated carbocycles. The van der Waals surface area contributed by atoms with Crippen molar-refractivity contribution >= 4 is 40.9 Å². The molecule has 1 aromatic heterocycles. The normalized spacial score (nSPS) is 9.79. The minimum absolute atomic E-state index is 0.00896. The van der Waals surface area contributed by atoms with Gasteiger partial charge in [-0.2, -0.15) is 4.99 Å². The van der Waals surface area contributed by atoms with Crippen LogP contribution >= 0.6 is 11.6 Å². The number of Topliss-reactive ketones (excluding diaryl/α,β-unsaturated/α-hetero) is 1. The summed E-state index contributed by atoms with van der Waals surface area (Å²) >= 11 is 5.80. The number of carbonyl (C=O) groups excluding carboxylic acids is 2. The van der Waals surface area contributed by atoms with E-state index in [0.717, 1.165) is 0 Å². The van der Waals surface area contributed by atoms with Crippen LogP contribution < -0.4 is 22.5 Å². The van der Waals surface area contributed by atoms with Crippen LogP contribution in [0.4, 0.5) is 11.6 Å². The highest BCUT2D eigenvalue weighted by Crippen LogP contribution is 2.20. The molecule has 0 aliphatic carbocycles. The molecule has 1 amide bonds. The maximum absolute atomic E-state index is 11.5. The first-order chi connectivity index (χ1) is 8.81. The highest BCUT2D eigenvalue weighted by molar-refractivity contribution is 6.32. The highest BCUT2D eigenvalue weighted by Gasteiger charge is 2.16. The van der Waals surface area contributed by atoms with E-state index in [9.17, 15) is 9.59 Å². The van der Waals surface area contributed by atoms with E-state index in [1.807, 2.05) is 0 Å². The van der Waals surface area contributed by atoms with Crippen molar-refractivity contribution < 1.29 is 9.59 Å². The van der Waals surface area contributed by atoms with Crippen LogP contribution in [0, 0.1) is 0 Å². The van der Waals surface area contributed by atoms with Crippen molar-refractivity contribution in [2.24, 2.45) is 16.5 Å². The third kappa shape index (κ3) is 4.07. The van der Waals surface area contributed by atoms with Gasteiger partial charge < -0.3 is 22.5 Å². The third-order valence-electron chi connectivity index (χ3n) is 1.82. The third-order valence-corrected chi connectivity index (χ3v) is 2.08. The molecule has 0 fully saturated rings. The largest absolute Gasteiger partial charge is 0.382 e. The summed E-state index contributed by atoms with van der Waals surface area (Å²) in [6.07, 6.45) is 0. The number of guanidine groups is 1. The molecule has 0 radical (unpaired) electrons. The van der Waals surface area contributed by atoms with Gasteiger partial charge in [-0.05, 0) is 6.92 Å². The van der Waals surface area contributed by atoms with Gasteiger partial charge in [-0.3, -0.25) is 9.59 Å². The van der Waals surface area contributed by atoms with E-state index in [2.05, 4.69) is 20.3 Å². The van der Waals surface area contributed by atoms with Crippen molar-refractivity contribution in [3.63, 3.8) is 0 Å². The molecule has 102 valence electrons. The SMILES string of the molecule is CC(=O)CNc1nc(N)c(C(=O)N=C(N)N)nc1Cl. The number of hydrogen-bond acceptors (Lipinski definition) is 6. The van der Waals surface area contributed by atoms with E-state index >= 15 is 0 Å². The number of hydrogen-bond donors (Lipinski definition) is 4. The van der Waals surface area contributed by atoms with E-state index in [-0.39, 0.29) is 34.8 Å². The highest BCUT2D eigenvalue weighted by atomic mass is 35.5. The molecule has 9 nitrogen and oxygen atoms in total. The smallest absolute Gasteiger partial charge is 0.302 e. The molecule has 0 atom stereocenters. The second kappa shape index (κ2) is 5.96. The zero-order chi connectivity index (χ0) is 14.6. The Bertz CT molecular complexity index is 554. The first kappa shape index (κ1) is 14.6. The van der Waals surface area contributed by atoms with Gasteiger partial charge in [0.25, 0.3) is 0 Å². The molecular formula is C9H12ClN7O2. The van der Waals surface area contributed by atoms with Gasteiger partial charge in [-0.15, -0.1) is 0 Å². The number of nitrogens with two attached hydrogens (primary N) is 3. The van der Waals surface area contributed by atoms with Gasteiger partial charge in [-0.1, -0.05) is 11.6 Å². The number of ketones is 1. The summed E-state index contributed by atoms with van der Waals surface area (Å²) in [5.74, 6) is -1.52. The summed E-state index contributed by atoms with van der Waals surface area (Å²) < 4.78 is 0. The minimum atomic E-state index is -0.856. The number of carbonyl (C=O) groups is 2. The topological polar surface area (TPSA) is 162 Å². The number of halogens is 1. The summed E-state index contributed by atoms with van der Waals surface area (Å²) in [6, 6.07) is 0. The first-order valence-corrected chi connectivity index (χ1v) is 5.39. The lowest BCUT2D eigenvalue weighted by Crippen LogP contribution is -2.25. The van der Waals surface area contributed by atoms with Crippen molar-refractivity contribution in [3.05, 3.63) is 10.8 Å². The summed E-state index contributed by atoms with van der Waals surface area (Å²) in [5.41, 5.74) is 15.4.